The van der Waals surface area contributed by atoms with Gasteiger partial charge in [-0.3, -0.25) is 4.79 Å². The molecule has 2 nitrogen and oxygen atoms in total. The smallest absolute Gasteiger partial charge is 0.246 e. The zero-order valence-corrected chi connectivity index (χ0v) is 10.0. The van der Waals surface area contributed by atoms with Crippen molar-refractivity contribution in [2.24, 2.45) is 0 Å². The first-order chi connectivity index (χ1) is 7.74. The largest absolute Gasteiger partial charge is 0.342 e. The van der Waals surface area contributed by atoms with Gasteiger partial charge in [-0.05, 0) is 18.1 Å². The van der Waals surface area contributed by atoms with Gasteiger partial charge in [0.05, 0.1) is 0 Å². The Hall–Kier alpha value is -1.57. The fraction of sp³-hybridized carbons (Fsp3) is 0.357. The lowest BCUT2D eigenvalue weighted by atomic mass is 10.2. The molecule has 1 amide bonds. The van der Waals surface area contributed by atoms with Crippen molar-refractivity contribution >= 4 is 12.0 Å². The standard InChI is InChI=1S/C14H19NO/c1-3-4-12-15(2)14(16)11-10-13-8-6-5-7-9-13/h5-11H,3-4,12H2,1-2H3/b11-10+. The predicted octanol–water partition coefficient (Wildman–Crippen LogP) is 2.96. The van der Waals surface area contributed by atoms with Crippen LogP contribution in [0.25, 0.3) is 6.08 Å². The Labute approximate surface area is 97.6 Å². The highest BCUT2D eigenvalue weighted by molar-refractivity contribution is 5.91. The van der Waals surface area contributed by atoms with E-state index in [4.69, 9.17) is 0 Å². The molecule has 0 saturated heterocycles. The van der Waals surface area contributed by atoms with Crippen molar-refractivity contribution in [3.63, 3.8) is 0 Å². The minimum Gasteiger partial charge on any atom is -0.342 e. The third-order valence-corrected chi connectivity index (χ3v) is 2.44. The number of amides is 1. The van der Waals surface area contributed by atoms with Crippen LogP contribution in [0.2, 0.25) is 0 Å². The van der Waals surface area contributed by atoms with Crippen LogP contribution >= 0.6 is 0 Å². The van der Waals surface area contributed by atoms with Gasteiger partial charge in [-0.2, -0.15) is 0 Å². The van der Waals surface area contributed by atoms with E-state index in [-0.39, 0.29) is 5.91 Å². The first-order valence-electron chi connectivity index (χ1n) is 5.72. The molecule has 1 aromatic rings. The zero-order chi connectivity index (χ0) is 11.8. The topological polar surface area (TPSA) is 20.3 Å². The number of carbonyl (C=O) groups is 1. The lowest BCUT2D eigenvalue weighted by Crippen LogP contribution is -2.25. The van der Waals surface area contributed by atoms with Crippen LogP contribution in [-0.2, 0) is 4.79 Å². The van der Waals surface area contributed by atoms with E-state index in [2.05, 4.69) is 6.92 Å². The maximum Gasteiger partial charge on any atom is 0.246 e. The summed E-state index contributed by atoms with van der Waals surface area (Å²) in [4.78, 5) is 13.4. The van der Waals surface area contributed by atoms with E-state index < -0.39 is 0 Å². The molecule has 0 aliphatic carbocycles. The van der Waals surface area contributed by atoms with Crippen LogP contribution < -0.4 is 0 Å². The van der Waals surface area contributed by atoms with Crippen molar-refractivity contribution in [1.29, 1.82) is 0 Å². The molecule has 0 aliphatic rings. The Bertz CT molecular complexity index is 343. The van der Waals surface area contributed by atoms with E-state index in [1.807, 2.05) is 43.5 Å². The van der Waals surface area contributed by atoms with E-state index in [1.165, 1.54) is 0 Å². The van der Waals surface area contributed by atoms with Crippen LogP contribution in [0.15, 0.2) is 36.4 Å². The van der Waals surface area contributed by atoms with E-state index in [0.29, 0.717) is 0 Å². The number of carbonyl (C=O) groups excluding carboxylic acids is 1. The Morgan fingerprint density at radius 3 is 2.62 bits per heavy atom. The third-order valence-electron chi connectivity index (χ3n) is 2.44. The van der Waals surface area contributed by atoms with Gasteiger partial charge in [0.15, 0.2) is 0 Å². The molecule has 0 heterocycles. The van der Waals surface area contributed by atoms with Crippen molar-refractivity contribution in [2.45, 2.75) is 19.8 Å². The minimum atomic E-state index is 0.0669. The number of nitrogens with zero attached hydrogens (tertiary/aromatic N) is 1. The number of unbranched alkanes of at least 4 members (excludes halogenated alkanes) is 1. The van der Waals surface area contributed by atoms with Crippen LogP contribution in [0, 0.1) is 0 Å². The first-order valence-corrected chi connectivity index (χ1v) is 5.72. The second-order valence-corrected chi connectivity index (χ2v) is 3.86. The van der Waals surface area contributed by atoms with Gasteiger partial charge in [-0.1, -0.05) is 43.7 Å². The lowest BCUT2D eigenvalue weighted by Gasteiger charge is -2.13. The molecule has 86 valence electrons. The van der Waals surface area contributed by atoms with E-state index in [0.717, 1.165) is 24.9 Å². The maximum atomic E-state index is 11.7. The summed E-state index contributed by atoms with van der Waals surface area (Å²) < 4.78 is 0. The molecular weight excluding hydrogens is 198 g/mol. The van der Waals surface area contributed by atoms with Crippen LogP contribution in [0.1, 0.15) is 25.3 Å². The Morgan fingerprint density at radius 1 is 1.31 bits per heavy atom. The first kappa shape index (κ1) is 12.5. The molecule has 0 unspecified atom stereocenters. The number of benzene rings is 1. The fourth-order valence-electron chi connectivity index (χ4n) is 1.36. The van der Waals surface area contributed by atoms with Gasteiger partial charge < -0.3 is 4.90 Å². The van der Waals surface area contributed by atoms with Gasteiger partial charge in [-0.15, -0.1) is 0 Å². The molecule has 0 saturated carbocycles. The van der Waals surface area contributed by atoms with Crippen molar-refractivity contribution in [2.75, 3.05) is 13.6 Å². The summed E-state index contributed by atoms with van der Waals surface area (Å²) in [5.74, 6) is 0.0669. The minimum absolute atomic E-state index is 0.0669. The molecule has 0 aromatic heterocycles. The van der Waals surface area contributed by atoms with Gasteiger partial charge >= 0.3 is 0 Å². The average molecular weight is 217 g/mol. The van der Waals surface area contributed by atoms with Gasteiger partial charge in [-0.25, -0.2) is 0 Å². The van der Waals surface area contributed by atoms with E-state index in [9.17, 15) is 4.79 Å². The Morgan fingerprint density at radius 2 is 2.00 bits per heavy atom. The quantitative estimate of drug-likeness (QED) is 0.694. The van der Waals surface area contributed by atoms with Gasteiger partial charge in [0, 0.05) is 19.7 Å². The summed E-state index contributed by atoms with van der Waals surface area (Å²) in [6.07, 6.45) is 5.65. The molecule has 2 heteroatoms. The number of likely N-dealkylation sites (N-methyl/N-ethyl adjacent to an activating group) is 1. The average Bonchev–Trinajstić information content (AvgIpc) is 2.34. The molecule has 0 N–H and O–H groups in total. The molecule has 0 bridgehead atoms. The van der Waals surface area contributed by atoms with Crippen molar-refractivity contribution < 1.29 is 4.79 Å². The van der Waals surface area contributed by atoms with Crippen LogP contribution in [0.5, 0.6) is 0 Å². The highest BCUT2D eigenvalue weighted by Gasteiger charge is 2.02. The van der Waals surface area contributed by atoms with Crippen molar-refractivity contribution in [3.05, 3.63) is 42.0 Å². The summed E-state index contributed by atoms with van der Waals surface area (Å²) in [6.45, 7) is 2.95. The summed E-state index contributed by atoms with van der Waals surface area (Å²) in [5, 5.41) is 0. The monoisotopic (exact) mass is 217 g/mol. The molecule has 0 aliphatic heterocycles. The zero-order valence-electron chi connectivity index (χ0n) is 10.0. The van der Waals surface area contributed by atoms with E-state index in [1.54, 1.807) is 11.0 Å². The van der Waals surface area contributed by atoms with Gasteiger partial charge in [0.2, 0.25) is 5.91 Å². The fourth-order valence-corrected chi connectivity index (χ4v) is 1.36. The van der Waals surface area contributed by atoms with Gasteiger partial charge in [0.1, 0.15) is 0 Å². The predicted molar refractivity (Wildman–Crippen MR) is 68.0 cm³/mol. The molecule has 1 rings (SSSR count). The second kappa shape index (κ2) is 6.83. The van der Waals surface area contributed by atoms with Crippen LogP contribution in [0.4, 0.5) is 0 Å². The summed E-state index contributed by atoms with van der Waals surface area (Å²) in [6, 6.07) is 9.86. The second-order valence-electron chi connectivity index (χ2n) is 3.86. The van der Waals surface area contributed by atoms with Gasteiger partial charge in [0.25, 0.3) is 0 Å². The van der Waals surface area contributed by atoms with Crippen molar-refractivity contribution in [3.8, 4) is 0 Å². The molecule has 0 spiro atoms. The van der Waals surface area contributed by atoms with E-state index >= 15 is 0 Å². The SMILES string of the molecule is CCCCN(C)C(=O)/C=C/c1ccccc1. The maximum absolute atomic E-state index is 11.7. The Kier molecular flexibility index (Phi) is 5.34. The Balaban J connectivity index is 2.48. The summed E-state index contributed by atoms with van der Waals surface area (Å²) >= 11 is 0. The van der Waals surface area contributed by atoms with Crippen LogP contribution in [-0.4, -0.2) is 24.4 Å². The number of hydrogen-bond acceptors (Lipinski definition) is 1. The highest BCUT2D eigenvalue weighted by Crippen LogP contribution is 2.02. The molecule has 16 heavy (non-hydrogen) atoms. The van der Waals surface area contributed by atoms with Crippen molar-refractivity contribution in [1.82, 2.24) is 4.90 Å². The summed E-state index contributed by atoms with van der Waals surface area (Å²) in [5.41, 5.74) is 1.06. The number of hydrogen-bond donors (Lipinski definition) is 0. The molecule has 0 fully saturated rings. The molecule has 1 aromatic carbocycles. The number of rotatable bonds is 5. The highest BCUT2D eigenvalue weighted by atomic mass is 16.2. The molecule has 0 radical (unpaired) electrons. The molecule has 0 atom stereocenters. The molecular formula is C14H19NO. The summed E-state index contributed by atoms with van der Waals surface area (Å²) in [7, 11) is 1.84. The lowest BCUT2D eigenvalue weighted by molar-refractivity contribution is -0.124. The third kappa shape index (κ3) is 4.30. The van der Waals surface area contributed by atoms with Crippen LogP contribution in [0.3, 0.4) is 0 Å². The normalized spacial score (nSPS) is 10.6.